The fourth-order valence-electron chi connectivity index (χ4n) is 3.88. The van der Waals surface area contributed by atoms with Crippen molar-refractivity contribution in [2.24, 2.45) is 5.92 Å². The summed E-state index contributed by atoms with van der Waals surface area (Å²) in [5, 5.41) is 5.41. The van der Waals surface area contributed by atoms with Crippen molar-refractivity contribution in [1.82, 2.24) is 10.2 Å². The minimum absolute atomic E-state index is 0.0310. The van der Waals surface area contributed by atoms with Crippen LogP contribution in [0.1, 0.15) is 22.3 Å². The van der Waals surface area contributed by atoms with Crippen molar-refractivity contribution in [2.75, 3.05) is 26.2 Å². The molecule has 1 N–H and O–H groups in total. The zero-order valence-corrected chi connectivity index (χ0v) is 15.6. The quantitative estimate of drug-likeness (QED) is 0.718. The number of amides is 1. The van der Waals surface area contributed by atoms with Gasteiger partial charge in [0.25, 0.3) is 5.91 Å². The highest BCUT2D eigenvalue weighted by molar-refractivity contribution is 5.98. The Kier molecular flexibility index (Phi) is 5.50. The van der Waals surface area contributed by atoms with Crippen LogP contribution in [-0.2, 0) is 6.42 Å². The Morgan fingerprint density at radius 2 is 1.74 bits per heavy atom. The molecule has 1 amide bonds. The molecular formula is C24H26N2O. The average molecular weight is 358 g/mol. The number of hydrogen-bond donors (Lipinski definition) is 1. The molecule has 0 spiro atoms. The highest BCUT2D eigenvalue weighted by Crippen LogP contribution is 2.18. The number of benzene rings is 3. The van der Waals surface area contributed by atoms with Crippen LogP contribution in [0.25, 0.3) is 10.8 Å². The maximum absolute atomic E-state index is 12.5. The van der Waals surface area contributed by atoms with Crippen molar-refractivity contribution >= 4 is 16.7 Å². The maximum atomic E-state index is 12.5. The maximum Gasteiger partial charge on any atom is 0.251 e. The van der Waals surface area contributed by atoms with Crippen LogP contribution in [0.5, 0.6) is 0 Å². The van der Waals surface area contributed by atoms with Crippen LogP contribution in [0.2, 0.25) is 0 Å². The van der Waals surface area contributed by atoms with E-state index in [4.69, 9.17) is 0 Å². The first-order valence-corrected chi connectivity index (χ1v) is 9.81. The van der Waals surface area contributed by atoms with Crippen molar-refractivity contribution in [3.05, 3.63) is 83.9 Å². The van der Waals surface area contributed by atoms with Crippen molar-refractivity contribution in [2.45, 2.75) is 12.8 Å². The van der Waals surface area contributed by atoms with E-state index in [0.29, 0.717) is 5.92 Å². The van der Waals surface area contributed by atoms with Gasteiger partial charge in [-0.2, -0.15) is 0 Å². The van der Waals surface area contributed by atoms with Gasteiger partial charge >= 0.3 is 0 Å². The molecule has 0 bridgehead atoms. The lowest BCUT2D eigenvalue weighted by molar-refractivity contribution is 0.0947. The first-order valence-electron chi connectivity index (χ1n) is 9.81. The third kappa shape index (κ3) is 4.55. The predicted molar refractivity (Wildman–Crippen MR) is 111 cm³/mol. The molecule has 0 aliphatic carbocycles. The Bertz CT molecular complexity index is 906. The number of fused-ring (bicyclic) bond motifs is 1. The summed E-state index contributed by atoms with van der Waals surface area (Å²) in [6.07, 6.45) is 2.25. The van der Waals surface area contributed by atoms with Gasteiger partial charge in [-0.05, 0) is 53.8 Å². The first kappa shape index (κ1) is 17.7. The Hall–Kier alpha value is -2.65. The molecule has 27 heavy (non-hydrogen) atoms. The molecule has 1 saturated heterocycles. The summed E-state index contributed by atoms with van der Waals surface area (Å²) in [6.45, 7) is 4.06. The molecular weight excluding hydrogens is 332 g/mol. The van der Waals surface area contributed by atoms with Crippen LogP contribution in [-0.4, -0.2) is 37.0 Å². The second-order valence-electron chi connectivity index (χ2n) is 7.46. The van der Waals surface area contributed by atoms with E-state index in [0.717, 1.165) is 50.0 Å². The van der Waals surface area contributed by atoms with Crippen LogP contribution in [0.15, 0.2) is 72.8 Å². The van der Waals surface area contributed by atoms with Crippen molar-refractivity contribution in [3.63, 3.8) is 0 Å². The van der Waals surface area contributed by atoms with Crippen molar-refractivity contribution in [3.8, 4) is 0 Å². The number of carbonyl (C=O) groups excluding carboxylic acids is 1. The van der Waals surface area contributed by atoms with E-state index in [1.165, 1.54) is 10.9 Å². The van der Waals surface area contributed by atoms with Crippen molar-refractivity contribution < 1.29 is 4.79 Å². The molecule has 1 fully saturated rings. The van der Waals surface area contributed by atoms with Crippen molar-refractivity contribution in [1.29, 1.82) is 0 Å². The minimum atomic E-state index is 0.0310. The number of nitrogens with zero attached hydrogens (tertiary/aromatic N) is 1. The molecule has 1 aliphatic rings. The molecule has 3 aromatic carbocycles. The fraction of sp³-hybridized carbons (Fsp3) is 0.292. The molecule has 4 rings (SSSR count). The SMILES string of the molecule is O=C(NC[C@H]1CCN(CCc2ccccc2)C1)c1ccc2ccccc2c1. The van der Waals surface area contributed by atoms with Gasteiger partial charge in [0.2, 0.25) is 0 Å². The molecule has 1 atom stereocenters. The lowest BCUT2D eigenvalue weighted by atomic mass is 10.1. The molecule has 0 unspecified atom stereocenters. The van der Waals surface area contributed by atoms with Gasteiger partial charge in [-0.15, -0.1) is 0 Å². The molecule has 0 saturated carbocycles. The number of carbonyl (C=O) groups is 1. The highest BCUT2D eigenvalue weighted by Gasteiger charge is 2.22. The van der Waals surface area contributed by atoms with Crippen LogP contribution in [0.3, 0.4) is 0 Å². The predicted octanol–water partition coefficient (Wildman–Crippen LogP) is 4.13. The van der Waals surface area contributed by atoms with Crippen LogP contribution >= 0.6 is 0 Å². The summed E-state index contributed by atoms with van der Waals surface area (Å²) in [6, 6.07) is 24.7. The van der Waals surface area contributed by atoms with Gasteiger partial charge in [-0.1, -0.05) is 60.7 Å². The number of nitrogens with one attached hydrogen (secondary N) is 1. The smallest absolute Gasteiger partial charge is 0.251 e. The lowest BCUT2D eigenvalue weighted by Gasteiger charge is -2.16. The minimum Gasteiger partial charge on any atom is -0.352 e. The van der Waals surface area contributed by atoms with Gasteiger partial charge in [0.15, 0.2) is 0 Å². The van der Waals surface area contributed by atoms with Gasteiger partial charge in [0.05, 0.1) is 0 Å². The summed E-state index contributed by atoms with van der Waals surface area (Å²) in [5.74, 6) is 0.577. The largest absolute Gasteiger partial charge is 0.352 e. The van der Waals surface area contributed by atoms with Gasteiger partial charge in [-0.25, -0.2) is 0 Å². The van der Waals surface area contributed by atoms with Gasteiger partial charge in [-0.3, -0.25) is 4.79 Å². The summed E-state index contributed by atoms with van der Waals surface area (Å²) < 4.78 is 0. The monoisotopic (exact) mass is 358 g/mol. The molecule has 0 aromatic heterocycles. The van der Waals surface area contributed by atoms with E-state index in [2.05, 4.69) is 46.6 Å². The highest BCUT2D eigenvalue weighted by atomic mass is 16.1. The number of rotatable bonds is 6. The molecule has 138 valence electrons. The summed E-state index contributed by atoms with van der Waals surface area (Å²) in [4.78, 5) is 15.0. The fourth-order valence-corrected chi connectivity index (χ4v) is 3.88. The molecule has 3 nitrogen and oxygen atoms in total. The zero-order chi connectivity index (χ0) is 18.5. The zero-order valence-electron chi connectivity index (χ0n) is 15.6. The van der Waals surface area contributed by atoms with E-state index in [-0.39, 0.29) is 5.91 Å². The molecule has 3 aromatic rings. The van der Waals surface area contributed by atoms with E-state index < -0.39 is 0 Å². The second kappa shape index (κ2) is 8.36. The molecule has 1 aliphatic heterocycles. The van der Waals surface area contributed by atoms with E-state index in [9.17, 15) is 4.79 Å². The standard InChI is InChI=1S/C24H26N2O/c27-24(23-11-10-21-8-4-5-9-22(21)16-23)25-17-20-13-15-26(18-20)14-12-19-6-2-1-3-7-19/h1-11,16,20H,12-15,17-18H2,(H,25,27)/t20-/m1/s1. The van der Waals surface area contributed by atoms with Gasteiger partial charge < -0.3 is 10.2 Å². The number of likely N-dealkylation sites (tertiary alicyclic amines) is 1. The summed E-state index contributed by atoms with van der Waals surface area (Å²) >= 11 is 0. The molecule has 1 heterocycles. The van der Waals surface area contributed by atoms with Crippen LogP contribution < -0.4 is 5.32 Å². The molecule has 0 radical (unpaired) electrons. The summed E-state index contributed by atoms with van der Waals surface area (Å²) in [7, 11) is 0. The normalized spacial score (nSPS) is 17.3. The summed E-state index contributed by atoms with van der Waals surface area (Å²) in [5.41, 5.74) is 2.14. The van der Waals surface area contributed by atoms with Gasteiger partial charge in [0.1, 0.15) is 0 Å². The van der Waals surface area contributed by atoms with Gasteiger partial charge in [0, 0.05) is 25.2 Å². The average Bonchev–Trinajstić information content (AvgIpc) is 3.19. The van der Waals surface area contributed by atoms with Crippen LogP contribution in [0, 0.1) is 5.92 Å². The molecule has 3 heteroatoms. The van der Waals surface area contributed by atoms with E-state index in [1.807, 2.05) is 36.4 Å². The lowest BCUT2D eigenvalue weighted by Crippen LogP contribution is -2.31. The Labute approximate surface area is 161 Å². The van der Waals surface area contributed by atoms with E-state index >= 15 is 0 Å². The third-order valence-electron chi connectivity index (χ3n) is 5.49. The van der Waals surface area contributed by atoms with Crippen LogP contribution in [0.4, 0.5) is 0 Å². The second-order valence-corrected chi connectivity index (χ2v) is 7.46. The third-order valence-corrected chi connectivity index (χ3v) is 5.49. The Morgan fingerprint density at radius 1 is 0.963 bits per heavy atom. The Balaban J connectivity index is 1.25. The topological polar surface area (TPSA) is 32.3 Å². The Morgan fingerprint density at radius 3 is 2.59 bits per heavy atom. The first-order chi connectivity index (χ1) is 13.3. The number of hydrogen-bond acceptors (Lipinski definition) is 2. The van der Waals surface area contributed by atoms with E-state index in [1.54, 1.807) is 0 Å².